The summed E-state index contributed by atoms with van der Waals surface area (Å²) in [7, 11) is 0. The molecule has 0 spiro atoms. The highest BCUT2D eigenvalue weighted by atomic mass is 35.5. The molecule has 84 valence electrons. The second-order valence-corrected chi connectivity index (χ2v) is 6.15. The summed E-state index contributed by atoms with van der Waals surface area (Å²) in [5, 5.41) is -0.624. The number of nitrogens with zero attached hydrogens (tertiary/aromatic N) is 1. The number of rotatable bonds is 2. The van der Waals surface area contributed by atoms with Crippen molar-refractivity contribution in [2.24, 2.45) is 0 Å². The van der Waals surface area contributed by atoms with Crippen LogP contribution in [0.3, 0.4) is 0 Å². The number of amides is 1. The van der Waals surface area contributed by atoms with Gasteiger partial charge in [-0.2, -0.15) is 0 Å². The molecule has 1 heterocycles. The van der Waals surface area contributed by atoms with Gasteiger partial charge in [0, 0.05) is 6.54 Å². The van der Waals surface area contributed by atoms with Crippen molar-refractivity contribution in [3.8, 4) is 0 Å². The lowest BCUT2D eigenvalue weighted by Gasteiger charge is -2.24. The molecule has 0 radical (unpaired) electrons. The number of benzene rings is 1. The first-order chi connectivity index (χ1) is 7.50. The molecule has 0 atom stereocenters. The second kappa shape index (κ2) is 4.28. The summed E-state index contributed by atoms with van der Waals surface area (Å²) in [6.45, 7) is 0.228. The average molecular weight is 276 g/mol. The van der Waals surface area contributed by atoms with Gasteiger partial charge in [0.1, 0.15) is 0 Å². The molecule has 1 fully saturated rings. The summed E-state index contributed by atoms with van der Waals surface area (Å²) in [4.78, 5) is 23.9. The van der Waals surface area contributed by atoms with Crippen molar-refractivity contribution in [1.82, 2.24) is 4.90 Å². The van der Waals surface area contributed by atoms with Gasteiger partial charge in [-0.25, -0.2) is 0 Å². The molecule has 16 heavy (non-hydrogen) atoms. The lowest BCUT2D eigenvalue weighted by atomic mass is 10.2. The van der Waals surface area contributed by atoms with E-state index in [-0.39, 0.29) is 6.54 Å². The zero-order chi connectivity index (χ0) is 11.8. The van der Waals surface area contributed by atoms with Crippen LogP contribution in [0, 0.1) is 0 Å². The number of halogens is 2. The van der Waals surface area contributed by atoms with E-state index in [9.17, 15) is 9.59 Å². The zero-order valence-corrected chi connectivity index (χ0v) is 10.4. The van der Waals surface area contributed by atoms with Crippen LogP contribution in [0.15, 0.2) is 30.3 Å². The van der Waals surface area contributed by atoms with Crippen LogP contribution in [-0.4, -0.2) is 19.7 Å². The van der Waals surface area contributed by atoms with Gasteiger partial charge in [-0.3, -0.25) is 14.5 Å². The maximum Gasteiger partial charge on any atom is 0.304 e. The fourth-order valence-electron chi connectivity index (χ4n) is 1.37. The molecule has 6 heteroatoms. The molecule has 3 nitrogen and oxygen atoms in total. The van der Waals surface area contributed by atoms with Crippen molar-refractivity contribution in [1.29, 1.82) is 0 Å². The lowest BCUT2D eigenvalue weighted by Crippen LogP contribution is -2.36. The number of thioether (sulfide) groups is 1. The zero-order valence-electron chi connectivity index (χ0n) is 8.02. The minimum Gasteiger partial charge on any atom is -0.290 e. The van der Waals surface area contributed by atoms with Crippen LogP contribution in [0.25, 0.3) is 0 Å². The maximum atomic E-state index is 11.5. The van der Waals surface area contributed by atoms with Crippen LogP contribution in [-0.2, 0) is 16.1 Å². The largest absolute Gasteiger partial charge is 0.304 e. The third kappa shape index (κ3) is 2.19. The standard InChI is InChI=1S/C10H7Cl2NO2S/c11-10(12)13(8(14)9(15)16-10)6-7-4-2-1-3-5-7/h1-5H,6H2. The molecule has 1 amide bonds. The van der Waals surface area contributed by atoms with Gasteiger partial charge in [-0.1, -0.05) is 53.5 Å². The minimum atomic E-state index is -1.50. The van der Waals surface area contributed by atoms with E-state index in [2.05, 4.69) is 0 Å². The Hall–Kier alpha value is -0.710. The molecule has 1 saturated heterocycles. The van der Waals surface area contributed by atoms with Gasteiger partial charge in [0.25, 0.3) is 5.12 Å². The Morgan fingerprint density at radius 1 is 1.19 bits per heavy atom. The van der Waals surface area contributed by atoms with Crippen LogP contribution in [0.5, 0.6) is 0 Å². The maximum absolute atomic E-state index is 11.5. The molecule has 2 rings (SSSR count). The molecule has 0 aliphatic carbocycles. The normalized spacial score (nSPS) is 19.2. The fourth-order valence-corrected chi connectivity index (χ4v) is 2.74. The summed E-state index contributed by atoms with van der Waals surface area (Å²) < 4.78 is -1.50. The molecule has 0 unspecified atom stereocenters. The monoisotopic (exact) mass is 275 g/mol. The predicted molar refractivity (Wildman–Crippen MR) is 64.0 cm³/mol. The van der Waals surface area contributed by atoms with Crippen molar-refractivity contribution in [3.05, 3.63) is 35.9 Å². The van der Waals surface area contributed by atoms with Crippen LogP contribution in [0.2, 0.25) is 0 Å². The number of alkyl halides is 2. The summed E-state index contributed by atoms with van der Waals surface area (Å²) in [5.74, 6) is -0.654. The van der Waals surface area contributed by atoms with Crippen LogP contribution >= 0.6 is 35.0 Å². The highest BCUT2D eigenvalue weighted by Crippen LogP contribution is 2.45. The van der Waals surface area contributed by atoms with E-state index in [1.165, 1.54) is 0 Å². The van der Waals surface area contributed by atoms with E-state index >= 15 is 0 Å². The summed E-state index contributed by atoms with van der Waals surface area (Å²) in [5.41, 5.74) is 0.872. The van der Waals surface area contributed by atoms with Gasteiger partial charge >= 0.3 is 5.91 Å². The first-order valence-corrected chi connectivity index (χ1v) is 6.04. The second-order valence-electron chi connectivity index (χ2n) is 3.25. The quantitative estimate of drug-likeness (QED) is 0.473. The minimum absolute atomic E-state index is 0.228. The molecule has 1 aromatic carbocycles. The molecule has 0 bridgehead atoms. The van der Waals surface area contributed by atoms with Crippen molar-refractivity contribution in [3.63, 3.8) is 0 Å². The van der Waals surface area contributed by atoms with Crippen molar-refractivity contribution >= 4 is 46.0 Å². The molecular formula is C10H7Cl2NO2S. The SMILES string of the molecule is O=C1SC(Cl)(Cl)N(Cc2ccccc2)C1=O. The van der Waals surface area contributed by atoms with Gasteiger partial charge in [-0.15, -0.1) is 0 Å². The van der Waals surface area contributed by atoms with E-state index in [4.69, 9.17) is 23.2 Å². The Kier molecular flexibility index (Phi) is 3.15. The molecule has 1 aliphatic rings. The molecule has 1 aliphatic heterocycles. The first kappa shape index (κ1) is 11.8. The molecule has 0 N–H and O–H groups in total. The Morgan fingerprint density at radius 3 is 2.31 bits per heavy atom. The third-order valence-electron chi connectivity index (χ3n) is 2.13. The van der Waals surface area contributed by atoms with E-state index in [0.717, 1.165) is 10.5 Å². The van der Waals surface area contributed by atoms with E-state index < -0.39 is 14.8 Å². The molecule has 0 aromatic heterocycles. The summed E-state index contributed by atoms with van der Waals surface area (Å²) in [6.07, 6.45) is 0. The molecular weight excluding hydrogens is 269 g/mol. The summed E-state index contributed by atoms with van der Waals surface area (Å²) in [6, 6.07) is 9.23. The van der Waals surface area contributed by atoms with Crippen molar-refractivity contribution in [2.45, 2.75) is 10.3 Å². The Morgan fingerprint density at radius 2 is 1.81 bits per heavy atom. The highest BCUT2D eigenvalue weighted by Gasteiger charge is 2.49. The van der Waals surface area contributed by atoms with Gasteiger partial charge in [0.05, 0.1) is 0 Å². The molecule has 0 saturated carbocycles. The number of hydrogen-bond donors (Lipinski definition) is 0. The Bertz CT molecular complexity index is 436. The van der Waals surface area contributed by atoms with Crippen molar-refractivity contribution < 1.29 is 9.59 Å². The highest BCUT2D eigenvalue weighted by molar-refractivity contribution is 8.19. The van der Waals surface area contributed by atoms with E-state index in [1.54, 1.807) is 0 Å². The van der Waals surface area contributed by atoms with Gasteiger partial charge in [0.15, 0.2) is 0 Å². The van der Waals surface area contributed by atoms with Crippen molar-refractivity contribution in [2.75, 3.05) is 0 Å². The number of carbonyl (C=O) groups excluding carboxylic acids is 2. The molecule has 1 aromatic rings. The smallest absolute Gasteiger partial charge is 0.290 e. The van der Waals surface area contributed by atoms with E-state index in [1.807, 2.05) is 30.3 Å². The third-order valence-corrected chi connectivity index (χ3v) is 3.83. The summed E-state index contributed by atoms with van der Waals surface area (Å²) >= 11 is 12.4. The van der Waals surface area contributed by atoms with Gasteiger partial charge in [-0.05, 0) is 17.3 Å². The Balaban J connectivity index is 2.21. The lowest BCUT2D eigenvalue weighted by molar-refractivity contribution is -0.139. The van der Waals surface area contributed by atoms with E-state index in [0.29, 0.717) is 11.8 Å². The number of hydrogen-bond acceptors (Lipinski definition) is 3. The van der Waals surface area contributed by atoms with Gasteiger partial charge < -0.3 is 0 Å². The number of carbonyl (C=O) groups is 2. The van der Waals surface area contributed by atoms with Crippen LogP contribution < -0.4 is 0 Å². The van der Waals surface area contributed by atoms with Crippen LogP contribution in [0.4, 0.5) is 0 Å². The predicted octanol–water partition coefficient (Wildman–Crippen LogP) is 2.38. The topological polar surface area (TPSA) is 37.4 Å². The average Bonchev–Trinajstić information content (AvgIpc) is 2.42. The fraction of sp³-hybridized carbons (Fsp3) is 0.200. The Labute approximate surface area is 107 Å². The van der Waals surface area contributed by atoms with Gasteiger partial charge in [0.2, 0.25) is 3.79 Å². The first-order valence-electron chi connectivity index (χ1n) is 4.47. The van der Waals surface area contributed by atoms with Crippen LogP contribution in [0.1, 0.15) is 5.56 Å².